The van der Waals surface area contributed by atoms with Crippen LogP contribution in [0.4, 0.5) is 0 Å². The molecule has 1 aromatic rings. The Morgan fingerprint density at radius 1 is 1.32 bits per heavy atom. The number of amides is 2. The molecule has 2 aliphatic heterocycles. The number of carbonyl (C=O) groups is 2. The Hall–Kier alpha value is -1.89. The van der Waals surface area contributed by atoms with Crippen LogP contribution < -0.4 is 0 Å². The fourth-order valence-electron chi connectivity index (χ4n) is 3.51. The fourth-order valence-corrected chi connectivity index (χ4v) is 3.51. The predicted molar refractivity (Wildman–Crippen MR) is 93.1 cm³/mol. The molecule has 2 amide bonds. The van der Waals surface area contributed by atoms with Crippen LogP contribution in [0.25, 0.3) is 0 Å². The van der Waals surface area contributed by atoms with E-state index in [1.165, 1.54) is 6.42 Å². The molecule has 0 radical (unpaired) electrons. The monoisotopic (exact) mass is 348 g/mol. The summed E-state index contributed by atoms with van der Waals surface area (Å²) in [6, 6.07) is 1.83. The highest BCUT2D eigenvalue weighted by Crippen LogP contribution is 2.17. The third-order valence-electron chi connectivity index (χ3n) is 5.09. The largest absolute Gasteiger partial charge is 0.378 e. The van der Waals surface area contributed by atoms with Crippen LogP contribution in [0, 0.1) is 0 Å². The highest BCUT2D eigenvalue weighted by Gasteiger charge is 2.23. The van der Waals surface area contributed by atoms with Gasteiger partial charge in [0.25, 0.3) is 5.91 Å². The number of rotatable bonds is 4. The highest BCUT2D eigenvalue weighted by molar-refractivity contribution is 5.92. The van der Waals surface area contributed by atoms with Crippen LogP contribution in [0.15, 0.2) is 6.07 Å². The summed E-state index contributed by atoms with van der Waals surface area (Å²) in [6.45, 7) is 5.09. The van der Waals surface area contributed by atoms with Crippen LogP contribution in [-0.4, -0.2) is 64.2 Å². The van der Waals surface area contributed by atoms with Crippen LogP contribution in [0.5, 0.6) is 0 Å². The molecule has 0 bridgehead atoms. The van der Waals surface area contributed by atoms with Crippen LogP contribution in [0.1, 0.15) is 55.2 Å². The van der Waals surface area contributed by atoms with Gasteiger partial charge in [0.1, 0.15) is 0 Å². The number of carbonyl (C=O) groups excluding carboxylic acids is 2. The van der Waals surface area contributed by atoms with E-state index in [1.54, 1.807) is 16.7 Å². The molecule has 2 aliphatic rings. The van der Waals surface area contributed by atoms with Crippen molar-refractivity contribution < 1.29 is 14.3 Å². The molecule has 0 aromatic carbocycles. The van der Waals surface area contributed by atoms with Crippen molar-refractivity contribution >= 4 is 11.8 Å². The molecule has 25 heavy (non-hydrogen) atoms. The highest BCUT2D eigenvalue weighted by atomic mass is 16.5. The second kappa shape index (κ2) is 7.99. The number of nitrogens with zero attached hydrogens (tertiary/aromatic N) is 4. The first-order chi connectivity index (χ1) is 12.0. The van der Waals surface area contributed by atoms with Crippen molar-refractivity contribution in [2.45, 2.75) is 58.2 Å². The molecule has 3 heterocycles. The molecule has 1 saturated heterocycles. The normalized spacial score (nSPS) is 20.7. The van der Waals surface area contributed by atoms with Gasteiger partial charge in [-0.25, -0.2) is 0 Å². The van der Waals surface area contributed by atoms with E-state index >= 15 is 0 Å². The van der Waals surface area contributed by atoms with Gasteiger partial charge in [0.2, 0.25) is 5.91 Å². The van der Waals surface area contributed by atoms with Gasteiger partial charge in [0.15, 0.2) is 5.69 Å². The van der Waals surface area contributed by atoms with E-state index < -0.39 is 0 Å². The third kappa shape index (κ3) is 4.39. The molecule has 0 unspecified atom stereocenters. The zero-order valence-corrected chi connectivity index (χ0v) is 15.2. The molecule has 1 fully saturated rings. The number of aryl methyl sites for hydroxylation is 1. The Bertz CT molecular complexity index is 622. The molecule has 0 spiro atoms. The van der Waals surface area contributed by atoms with Gasteiger partial charge in [-0.2, -0.15) is 5.10 Å². The first-order valence-corrected chi connectivity index (χ1v) is 9.24. The van der Waals surface area contributed by atoms with Crippen LogP contribution >= 0.6 is 0 Å². The minimum absolute atomic E-state index is 0.0622. The maximum atomic E-state index is 12.7. The average Bonchev–Trinajstić information content (AvgIpc) is 2.91. The van der Waals surface area contributed by atoms with Crippen LogP contribution in [0.2, 0.25) is 0 Å². The van der Waals surface area contributed by atoms with Gasteiger partial charge in [-0.1, -0.05) is 0 Å². The Labute approximate surface area is 148 Å². The predicted octanol–water partition coefficient (Wildman–Crippen LogP) is 1.67. The van der Waals surface area contributed by atoms with Gasteiger partial charge in [-0.15, -0.1) is 0 Å². The van der Waals surface area contributed by atoms with Crippen LogP contribution in [0.3, 0.4) is 0 Å². The van der Waals surface area contributed by atoms with Gasteiger partial charge in [0.05, 0.1) is 18.3 Å². The first kappa shape index (κ1) is 17.9. The summed E-state index contributed by atoms with van der Waals surface area (Å²) >= 11 is 0. The lowest BCUT2D eigenvalue weighted by atomic mass is 10.1. The molecule has 0 N–H and O–H groups in total. The summed E-state index contributed by atoms with van der Waals surface area (Å²) in [4.78, 5) is 27.8. The van der Waals surface area contributed by atoms with Crippen molar-refractivity contribution in [1.29, 1.82) is 0 Å². The number of ether oxygens (including phenoxy) is 1. The molecule has 1 aromatic heterocycles. The second-order valence-electron chi connectivity index (χ2n) is 7.04. The lowest BCUT2D eigenvalue weighted by Crippen LogP contribution is -2.32. The second-order valence-corrected chi connectivity index (χ2v) is 7.04. The summed E-state index contributed by atoms with van der Waals surface area (Å²) in [5.41, 5.74) is 1.40. The van der Waals surface area contributed by atoms with Crippen molar-refractivity contribution in [1.82, 2.24) is 19.6 Å². The topological polar surface area (TPSA) is 67.7 Å². The standard InChI is InChI=1S/C18H28N4O3/c1-14(23)21-8-5-9-22-15(13-21)12-17(19-22)18(24)20(2)10-7-16-6-3-4-11-25-16/h12,16H,3-11,13H2,1-2H3/t16-/m0/s1. The minimum Gasteiger partial charge on any atom is -0.378 e. The van der Waals surface area contributed by atoms with Gasteiger partial charge < -0.3 is 14.5 Å². The Balaban J connectivity index is 1.60. The van der Waals surface area contributed by atoms with Crippen molar-refractivity contribution in [3.05, 3.63) is 17.5 Å². The number of hydrogen-bond donors (Lipinski definition) is 0. The van der Waals surface area contributed by atoms with Crippen molar-refractivity contribution in [3.63, 3.8) is 0 Å². The summed E-state index contributed by atoms with van der Waals surface area (Å²) in [6.07, 6.45) is 5.43. The average molecular weight is 348 g/mol. The zero-order chi connectivity index (χ0) is 17.8. The lowest BCUT2D eigenvalue weighted by Gasteiger charge is -2.25. The van der Waals surface area contributed by atoms with Crippen molar-refractivity contribution in [2.24, 2.45) is 0 Å². The molecule has 7 nitrogen and oxygen atoms in total. The SMILES string of the molecule is CC(=O)N1CCCn2nc(C(=O)N(C)CC[C@@H]3CCCCO3)cc2C1. The first-order valence-electron chi connectivity index (χ1n) is 9.24. The molecular formula is C18H28N4O3. The summed E-state index contributed by atoms with van der Waals surface area (Å²) in [5, 5.41) is 4.48. The molecule has 0 saturated carbocycles. The number of aromatic nitrogens is 2. The van der Waals surface area contributed by atoms with E-state index in [1.807, 2.05) is 17.8 Å². The summed E-state index contributed by atoms with van der Waals surface area (Å²) in [7, 11) is 1.82. The molecule has 7 heteroatoms. The Morgan fingerprint density at radius 3 is 2.88 bits per heavy atom. The van der Waals surface area contributed by atoms with Crippen molar-refractivity contribution in [3.8, 4) is 0 Å². The van der Waals surface area contributed by atoms with E-state index in [-0.39, 0.29) is 17.9 Å². The van der Waals surface area contributed by atoms with Gasteiger partial charge in [-0.3, -0.25) is 14.3 Å². The molecule has 0 aliphatic carbocycles. The minimum atomic E-state index is -0.0641. The van der Waals surface area contributed by atoms with E-state index in [2.05, 4.69) is 5.10 Å². The fraction of sp³-hybridized carbons (Fsp3) is 0.722. The maximum Gasteiger partial charge on any atom is 0.274 e. The van der Waals surface area contributed by atoms with Gasteiger partial charge >= 0.3 is 0 Å². The summed E-state index contributed by atoms with van der Waals surface area (Å²) in [5.74, 6) is -0.00196. The molecule has 1 atom stereocenters. The van der Waals surface area contributed by atoms with Gasteiger partial charge in [0, 0.05) is 40.2 Å². The van der Waals surface area contributed by atoms with E-state index in [4.69, 9.17) is 4.74 Å². The molecular weight excluding hydrogens is 320 g/mol. The maximum absolute atomic E-state index is 12.7. The summed E-state index contributed by atoms with van der Waals surface area (Å²) < 4.78 is 7.60. The third-order valence-corrected chi connectivity index (χ3v) is 5.09. The number of fused-ring (bicyclic) bond motifs is 1. The zero-order valence-electron chi connectivity index (χ0n) is 15.2. The quantitative estimate of drug-likeness (QED) is 0.830. The number of hydrogen-bond acceptors (Lipinski definition) is 4. The van der Waals surface area contributed by atoms with Gasteiger partial charge in [-0.05, 0) is 38.2 Å². The lowest BCUT2D eigenvalue weighted by molar-refractivity contribution is -0.129. The molecule has 3 rings (SSSR count). The molecule has 138 valence electrons. The van der Waals surface area contributed by atoms with Crippen molar-refractivity contribution in [2.75, 3.05) is 26.7 Å². The van der Waals surface area contributed by atoms with Crippen LogP contribution in [-0.2, 0) is 22.6 Å². The Morgan fingerprint density at radius 2 is 2.16 bits per heavy atom. The Kier molecular flexibility index (Phi) is 5.73. The van der Waals surface area contributed by atoms with E-state index in [0.717, 1.165) is 51.1 Å². The van der Waals surface area contributed by atoms with E-state index in [9.17, 15) is 9.59 Å². The van der Waals surface area contributed by atoms with E-state index in [0.29, 0.717) is 18.8 Å². The smallest absolute Gasteiger partial charge is 0.274 e.